The molecule has 21 heavy (non-hydrogen) atoms. The van der Waals surface area contributed by atoms with Crippen molar-refractivity contribution in [1.82, 2.24) is 0 Å². The van der Waals surface area contributed by atoms with Gasteiger partial charge in [-0.3, -0.25) is 0 Å². The zero-order valence-electron chi connectivity index (χ0n) is 13.5. The first-order valence-corrected chi connectivity index (χ1v) is 7.26. The summed E-state index contributed by atoms with van der Waals surface area (Å²) in [6.45, 7) is 8.20. The molecule has 2 aromatic rings. The Kier molecular flexibility index (Phi) is 4.38. The maximum Gasteiger partial charge on any atom is 0.119 e. The Bertz CT molecular complexity index is 624. The first-order chi connectivity index (χ1) is 9.82. The summed E-state index contributed by atoms with van der Waals surface area (Å²) in [5.41, 5.74) is 4.03. The highest BCUT2D eigenvalue weighted by atomic mass is 16.5. The smallest absolute Gasteiger partial charge is 0.119 e. The molecule has 1 atom stereocenters. The Morgan fingerprint density at radius 1 is 1.05 bits per heavy atom. The number of hydrogen-bond acceptors (Lipinski definition) is 2. The minimum Gasteiger partial charge on any atom is -0.497 e. The molecule has 0 aromatic heterocycles. The normalized spacial score (nSPS) is 13.0. The van der Waals surface area contributed by atoms with Crippen LogP contribution in [0.1, 0.15) is 38.0 Å². The lowest BCUT2D eigenvalue weighted by Crippen LogP contribution is -2.18. The lowest BCUT2D eigenvalue weighted by molar-refractivity contribution is 0.0631. The first-order valence-electron chi connectivity index (χ1n) is 7.26. The molecule has 2 rings (SSSR count). The minimum absolute atomic E-state index is 0.207. The summed E-state index contributed by atoms with van der Waals surface area (Å²) >= 11 is 0. The van der Waals surface area contributed by atoms with Crippen molar-refractivity contribution in [3.8, 4) is 16.9 Å². The molecule has 0 saturated carbocycles. The van der Waals surface area contributed by atoms with E-state index in [1.807, 2.05) is 31.2 Å². The molecule has 2 heteroatoms. The molecule has 0 fully saturated rings. The fourth-order valence-corrected chi connectivity index (χ4v) is 2.43. The summed E-state index contributed by atoms with van der Waals surface area (Å²) < 4.78 is 5.31. The van der Waals surface area contributed by atoms with E-state index >= 15 is 0 Å². The van der Waals surface area contributed by atoms with Gasteiger partial charge in [-0.25, -0.2) is 0 Å². The minimum atomic E-state index is -0.515. The van der Waals surface area contributed by atoms with Gasteiger partial charge in [0.2, 0.25) is 0 Å². The summed E-state index contributed by atoms with van der Waals surface area (Å²) in [5, 5.41) is 10.7. The number of aliphatic hydroxyl groups is 1. The molecule has 2 nitrogen and oxygen atoms in total. The molecule has 1 N–H and O–H groups in total. The molecule has 0 aliphatic carbocycles. The van der Waals surface area contributed by atoms with Gasteiger partial charge in [0.05, 0.1) is 13.2 Å². The van der Waals surface area contributed by atoms with E-state index in [2.05, 4.69) is 39.0 Å². The molecule has 2 aromatic carbocycles. The van der Waals surface area contributed by atoms with Crippen molar-refractivity contribution in [3.05, 3.63) is 53.6 Å². The zero-order chi connectivity index (χ0) is 15.6. The largest absolute Gasteiger partial charge is 0.497 e. The highest BCUT2D eigenvalue weighted by molar-refractivity contribution is 5.69. The monoisotopic (exact) mass is 284 g/mol. The second-order valence-corrected chi connectivity index (χ2v) is 6.59. The van der Waals surface area contributed by atoms with E-state index in [1.165, 1.54) is 0 Å². The summed E-state index contributed by atoms with van der Waals surface area (Å²) in [6.07, 6.45) is -0.515. The zero-order valence-corrected chi connectivity index (χ0v) is 13.5. The van der Waals surface area contributed by atoms with Crippen LogP contribution in [0.3, 0.4) is 0 Å². The van der Waals surface area contributed by atoms with Gasteiger partial charge in [0, 0.05) is 0 Å². The number of aliphatic hydroxyl groups excluding tert-OH is 1. The molecule has 0 heterocycles. The van der Waals surface area contributed by atoms with Crippen molar-refractivity contribution < 1.29 is 9.84 Å². The van der Waals surface area contributed by atoms with Crippen LogP contribution in [0.15, 0.2) is 42.5 Å². The van der Waals surface area contributed by atoms with Gasteiger partial charge < -0.3 is 9.84 Å². The number of aryl methyl sites for hydroxylation is 1. The maximum atomic E-state index is 10.7. The molecule has 0 radical (unpaired) electrons. The van der Waals surface area contributed by atoms with E-state index in [1.54, 1.807) is 7.11 Å². The van der Waals surface area contributed by atoms with Crippen LogP contribution in [-0.4, -0.2) is 12.2 Å². The van der Waals surface area contributed by atoms with Crippen LogP contribution in [-0.2, 0) is 0 Å². The van der Waals surface area contributed by atoms with Gasteiger partial charge in [0.1, 0.15) is 5.75 Å². The van der Waals surface area contributed by atoms with Crippen LogP contribution < -0.4 is 4.74 Å². The standard InChI is InChI=1S/C19H24O2/c1-13-9-10-16(14-7-6-8-15(12-14)21-5)17(11-13)18(20)19(2,3)4/h6-12,18,20H,1-5H3/t18-/m1/s1. The molecular weight excluding hydrogens is 260 g/mol. The molecule has 0 spiro atoms. The molecule has 0 aliphatic heterocycles. The topological polar surface area (TPSA) is 29.5 Å². The number of ether oxygens (including phenoxy) is 1. The van der Waals surface area contributed by atoms with E-state index in [-0.39, 0.29) is 5.41 Å². The number of hydrogen-bond donors (Lipinski definition) is 1. The highest BCUT2D eigenvalue weighted by Crippen LogP contribution is 2.39. The van der Waals surface area contributed by atoms with Crippen molar-refractivity contribution in [3.63, 3.8) is 0 Å². The summed E-state index contributed by atoms with van der Waals surface area (Å²) in [4.78, 5) is 0. The number of benzene rings is 2. The van der Waals surface area contributed by atoms with Gasteiger partial charge in [-0.1, -0.05) is 56.7 Å². The van der Waals surface area contributed by atoms with Crippen molar-refractivity contribution in [1.29, 1.82) is 0 Å². The van der Waals surface area contributed by atoms with Gasteiger partial charge in [-0.15, -0.1) is 0 Å². The average Bonchev–Trinajstić information content (AvgIpc) is 2.45. The fourth-order valence-electron chi connectivity index (χ4n) is 2.43. The summed E-state index contributed by atoms with van der Waals surface area (Å²) in [5.74, 6) is 0.823. The van der Waals surface area contributed by atoms with Crippen molar-refractivity contribution in [2.24, 2.45) is 5.41 Å². The van der Waals surface area contributed by atoms with E-state index < -0.39 is 6.10 Å². The number of rotatable bonds is 3. The third kappa shape index (κ3) is 3.45. The van der Waals surface area contributed by atoms with Gasteiger partial charge in [0.15, 0.2) is 0 Å². The second kappa shape index (κ2) is 5.90. The van der Waals surface area contributed by atoms with Crippen LogP contribution in [0.2, 0.25) is 0 Å². The third-order valence-corrected chi connectivity index (χ3v) is 3.70. The quantitative estimate of drug-likeness (QED) is 0.881. The van der Waals surface area contributed by atoms with Gasteiger partial charge in [0.25, 0.3) is 0 Å². The van der Waals surface area contributed by atoms with Crippen LogP contribution in [0.5, 0.6) is 5.75 Å². The molecule has 0 saturated heterocycles. The molecule has 112 valence electrons. The van der Waals surface area contributed by atoms with E-state index in [4.69, 9.17) is 4.74 Å². The van der Waals surface area contributed by atoms with E-state index in [0.29, 0.717) is 0 Å². The Balaban J connectivity index is 2.58. The molecule has 0 amide bonds. The lowest BCUT2D eigenvalue weighted by atomic mass is 9.81. The van der Waals surface area contributed by atoms with Crippen LogP contribution in [0, 0.1) is 12.3 Å². The molecule has 0 aliphatic rings. The van der Waals surface area contributed by atoms with Gasteiger partial charge >= 0.3 is 0 Å². The van der Waals surface area contributed by atoms with Gasteiger partial charge in [-0.05, 0) is 41.2 Å². The third-order valence-electron chi connectivity index (χ3n) is 3.70. The first kappa shape index (κ1) is 15.6. The lowest BCUT2D eigenvalue weighted by Gasteiger charge is -2.28. The van der Waals surface area contributed by atoms with Crippen molar-refractivity contribution >= 4 is 0 Å². The van der Waals surface area contributed by atoms with Crippen LogP contribution in [0.4, 0.5) is 0 Å². The molecule has 0 unspecified atom stereocenters. The fraction of sp³-hybridized carbons (Fsp3) is 0.368. The average molecular weight is 284 g/mol. The Morgan fingerprint density at radius 3 is 2.38 bits per heavy atom. The Labute approximate surface area is 127 Å². The second-order valence-electron chi connectivity index (χ2n) is 6.59. The molecular formula is C19H24O2. The Morgan fingerprint density at radius 2 is 1.76 bits per heavy atom. The SMILES string of the molecule is COc1cccc(-c2ccc(C)cc2[C@@H](O)C(C)(C)C)c1. The Hall–Kier alpha value is -1.80. The summed E-state index contributed by atoms with van der Waals surface area (Å²) in [6, 6.07) is 14.2. The number of methoxy groups -OCH3 is 1. The van der Waals surface area contributed by atoms with E-state index in [9.17, 15) is 5.11 Å². The van der Waals surface area contributed by atoms with Crippen LogP contribution in [0.25, 0.3) is 11.1 Å². The van der Waals surface area contributed by atoms with E-state index in [0.717, 1.165) is 28.0 Å². The van der Waals surface area contributed by atoms with Crippen LogP contribution >= 0.6 is 0 Å². The highest BCUT2D eigenvalue weighted by Gasteiger charge is 2.26. The maximum absolute atomic E-state index is 10.7. The van der Waals surface area contributed by atoms with Crippen molar-refractivity contribution in [2.75, 3.05) is 7.11 Å². The van der Waals surface area contributed by atoms with Gasteiger partial charge in [-0.2, -0.15) is 0 Å². The predicted molar refractivity (Wildman–Crippen MR) is 87.6 cm³/mol. The predicted octanol–water partition coefficient (Wildman–Crippen LogP) is 4.75. The van der Waals surface area contributed by atoms with Crippen molar-refractivity contribution in [2.45, 2.75) is 33.8 Å². The molecule has 0 bridgehead atoms. The summed E-state index contributed by atoms with van der Waals surface area (Å²) in [7, 11) is 1.67.